The van der Waals surface area contributed by atoms with Crippen LogP contribution in [0, 0.1) is 0 Å². The highest BCUT2D eigenvalue weighted by atomic mass is 15.5. The molecule has 4 heterocycles. The Morgan fingerprint density at radius 3 is 2.53 bits per heavy atom. The van der Waals surface area contributed by atoms with Crippen LogP contribution in [0.5, 0.6) is 0 Å². The van der Waals surface area contributed by atoms with Crippen molar-refractivity contribution < 1.29 is 0 Å². The number of fused-ring (bicyclic) bond motifs is 2. The highest BCUT2D eigenvalue weighted by Crippen LogP contribution is 2.36. The maximum Gasteiger partial charge on any atom is 0.181 e. The number of hydrogen-bond acceptors (Lipinski definition) is 8. The number of H-pyrrole nitrogens is 1. The average Bonchev–Trinajstić information content (AvgIpc) is 3.62. The zero-order valence-electron chi connectivity index (χ0n) is 19.4. The molecule has 0 atom stereocenters. The van der Waals surface area contributed by atoms with Crippen molar-refractivity contribution in [2.75, 3.05) is 0 Å². The van der Waals surface area contributed by atoms with Crippen molar-refractivity contribution in [3.05, 3.63) is 60.9 Å². The van der Waals surface area contributed by atoms with E-state index in [2.05, 4.69) is 46.2 Å². The fraction of sp³-hybridized carbons (Fsp3) is 0.231. The van der Waals surface area contributed by atoms with Crippen LogP contribution < -0.4 is 0 Å². The van der Waals surface area contributed by atoms with Gasteiger partial charge in [0.05, 0.1) is 23.4 Å². The Balaban J connectivity index is 1.36. The first-order chi connectivity index (χ1) is 17.8. The van der Waals surface area contributed by atoms with E-state index in [4.69, 9.17) is 9.97 Å². The standard InChI is InChI=1S/C26H22N10/c1-3-7-16(8-4-1)23-27-14-20-25(31-23)28-15-21(29-20)26-30-19-13-17(24-32-34-35-33-24)11-12-22(19)36(26)18-9-5-2-6-10-18/h1,3-4,7-8,11-15,18H,2,5-6,9-10H2,(H,32,33,34,35). The SMILES string of the molecule is c1ccc(-c2ncc3nc(-c4nc5cc(-c6nnn[nH]6)ccc5n4C4CCCCC4)cnc3n2)cc1. The van der Waals surface area contributed by atoms with E-state index in [9.17, 15) is 0 Å². The summed E-state index contributed by atoms with van der Waals surface area (Å²) in [5, 5.41) is 14.3. The molecule has 0 spiro atoms. The summed E-state index contributed by atoms with van der Waals surface area (Å²) < 4.78 is 2.34. The molecule has 7 rings (SSSR count). The fourth-order valence-corrected chi connectivity index (χ4v) is 5.07. The lowest BCUT2D eigenvalue weighted by Crippen LogP contribution is -2.14. The minimum atomic E-state index is 0.366. The molecule has 1 N–H and O–H groups in total. The van der Waals surface area contributed by atoms with Gasteiger partial charge in [0.1, 0.15) is 11.2 Å². The summed E-state index contributed by atoms with van der Waals surface area (Å²) in [5.74, 6) is 2.06. The van der Waals surface area contributed by atoms with Gasteiger partial charge in [0.15, 0.2) is 23.1 Å². The Morgan fingerprint density at radius 1 is 0.806 bits per heavy atom. The van der Waals surface area contributed by atoms with Crippen molar-refractivity contribution in [3.63, 3.8) is 0 Å². The van der Waals surface area contributed by atoms with Crippen LogP contribution >= 0.6 is 0 Å². The molecule has 10 heteroatoms. The second-order valence-electron chi connectivity index (χ2n) is 9.07. The Morgan fingerprint density at radius 2 is 1.69 bits per heavy atom. The summed E-state index contributed by atoms with van der Waals surface area (Å²) >= 11 is 0. The molecule has 0 aliphatic heterocycles. The maximum atomic E-state index is 5.04. The van der Waals surface area contributed by atoms with Crippen molar-refractivity contribution in [1.82, 2.24) is 50.1 Å². The predicted octanol–water partition coefficient (Wildman–Crippen LogP) is 4.79. The highest BCUT2D eigenvalue weighted by Gasteiger charge is 2.24. The molecular formula is C26H22N10. The van der Waals surface area contributed by atoms with Gasteiger partial charge in [-0.3, -0.25) is 0 Å². The Labute approximate surface area is 205 Å². The Bertz CT molecular complexity index is 1670. The molecule has 0 amide bonds. The van der Waals surface area contributed by atoms with Gasteiger partial charge in [0.25, 0.3) is 0 Å². The summed E-state index contributed by atoms with van der Waals surface area (Å²) in [6, 6.07) is 16.4. The van der Waals surface area contributed by atoms with Crippen molar-refractivity contribution in [2.45, 2.75) is 38.1 Å². The second-order valence-corrected chi connectivity index (χ2v) is 9.07. The van der Waals surface area contributed by atoms with E-state index in [1.54, 1.807) is 12.4 Å². The van der Waals surface area contributed by atoms with Crippen LogP contribution in [0.3, 0.4) is 0 Å². The van der Waals surface area contributed by atoms with Crippen molar-refractivity contribution in [2.24, 2.45) is 0 Å². The monoisotopic (exact) mass is 474 g/mol. The van der Waals surface area contributed by atoms with Gasteiger partial charge < -0.3 is 4.57 Å². The first-order valence-corrected chi connectivity index (χ1v) is 12.2. The average molecular weight is 475 g/mol. The molecule has 0 unspecified atom stereocenters. The molecule has 0 radical (unpaired) electrons. The molecule has 6 aromatic rings. The molecule has 36 heavy (non-hydrogen) atoms. The first kappa shape index (κ1) is 20.7. The number of tetrazole rings is 1. The third-order valence-corrected chi connectivity index (χ3v) is 6.81. The molecule has 1 aliphatic carbocycles. The third-order valence-electron chi connectivity index (χ3n) is 6.81. The van der Waals surface area contributed by atoms with Gasteiger partial charge in [-0.15, -0.1) is 5.10 Å². The van der Waals surface area contributed by atoms with E-state index in [1.807, 2.05) is 42.5 Å². The highest BCUT2D eigenvalue weighted by molar-refractivity contribution is 5.85. The molecule has 1 aliphatic rings. The van der Waals surface area contributed by atoms with Gasteiger partial charge >= 0.3 is 0 Å². The summed E-state index contributed by atoms with van der Waals surface area (Å²) in [4.78, 5) is 23.8. The van der Waals surface area contributed by atoms with Crippen LogP contribution in [0.15, 0.2) is 60.9 Å². The van der Waals surface area contributed by atoms with E-state index in [1.165, 1.54) is 19.3 Å². The van der Waals surface area contributed by atoms with Crippen LogP contribution in [-0.2, 0) is 0 Å². The van der Waals surface area contributed by atoms with Gasteiger partial charge in [-0.1, -0.05) is 49.6 Å². The molecular weight excluding hydrogens is 452 g/mol. The zero-order valence-corrected chi connectivity index (χ0v) is 19.4. The smallest absolute Gasteiger partial charge is 0.181 e. The lowest BCUT2D eigenvalue weighted by Gasteiger charge is -2.25. The molecule has 4 aromatic heterocycles. The second kappa shape index (κ2) is 8.56. The first-order valence-electron chi connectivity index (χ1n) is 12.2. The molecule has 1 fully saturated rings. The van der Waals surface area contributed by atoms with Crippen LogP contribution in [0.4, 0.5) is 0 Å². The van der Waals surface area contributed by atoms with E-state index >= 15 is 0 Å². The number of aromatic amines is 1. The fourth-order valence-electron chi connectivity index (χ4n) is 5.07. The number of rotatable bonds is 4. The van der Waals surface area contributed by atoms with Crippen LogP contribution in [0.25, 0.3) is 56.5 Å². The molecule has 0 bridgehead atoms. The van der Waals surface area contributed by atoms with Crippen LogP contribution in [0.1, 0.15) is 38.1 Å². The molecule has 10 nitrogen and oxygen atoms in total. The van der Waals surface area contributed by atoms with E-state index in [0.29, 0.717) is 34.5 Å². The Hall–Kier alpha value is -4.60. The summed E-state index contributed by atoms with van der Waals surface area (Å²) in [5.41, 5.74) is 5.70. The molecule has 0 saturated heterocycles. The predicted molar refractivity (Wildman–Crippen MR) is 135 cm³/mol. The number of aromatic nitrogens is 10. The van der Waals surface area contributed by atoms with Gasteiger partial charge in [-0.25, -0.2) is 30.0 Å². The van der Waals surface area contributed by atoms with Crippen molar-refractivity contribution in [1.29, 1.82) is 0 Å². The maximum absolute atomic E-state index is 5.04. The largest absolute Gasteiger partial charge is 0.319 e. The lowest BCUT2D eigenvalue weighted by atomic mass is 9.95. The zero-order chi connectivity index (χ0) is 23.9. The number of imidazole rings is 1. The lowest BCUT2D eigenvalue weighted by molar-refractivity contribution is 0.362. The third kappa shape index (κ3) is 3.58. The normalized spacial score (nSPS) is 14.6. The quantitative estimate of drug-likeness (QED) is 0.387. The topological polar surface area (TPSA) is 124 Å². The molecule has 1 saturated carbocycles. The molecule has 2 aromatic carbocycles. The number of nitrogens with one attached hydrogen (secondary N) is 1. The van der Waals surface area contributed by atoms with Gasteiger partial charge in [0.2, 0.25) is 0 Å². The summed E-state index contributed by atoms with van der Waals surface area (Å²) in [6.45, 7) is 0. The van der Waals surface area contributed by atoms with Crippen LogP contribution in [-0.4, -0.2) is 50.1 Å². The van der Waals surface area contributed by atoms with Gasteiger partial charge in [0, 0.05) is 17.2 Å². The summed E-state index contributed by atoms with van der Waals surface area (Å²) in [6.07, 6.45) is 9.46. The van der Waals surface area contributed by atoms with Crippen LogP contribution in [0.2, 0.25) is 0 Å². The van der Waals surface area contributed by atoms with Crippen molar-refractivity contribution in [3.8, 4) is 34.3 Å². The van der Waals surface area contributed by atoms with Gasteiger partial charge in [-0.05, 0) is 41.5 Å². The number of benzene rings is 2. The number of hydrogen-bond donors (Lipinski definition) is 1. The summed E-state index contributed by atoms with van der Waals surface area (Å²) in [7, 11) is 0. The molecule has 176 valence electrons. The Kier molecular flexibility index (Phi) is 4.93. The minimum Gasteiger partial charge on any atom is -0.319 e. The van der Waals surface area contributed by atoms with E-state index in [-0.39, 0.29) is 0 Å². The van der Waals surface area contributed by atoms with E-state index < -0.39 is 0 Å². The van der Waals surface area contributed by atoms with Crippen molar-refractivity contribution >= 4 is 22.2 Å². The van der Waals surface area contributed by atoms with E-state index in [0.717, 1.165) is 40.8 Å². The minimum absolute atomic E-state index is 0.366. The van der Waals surface area contributed by atoms with Gasteiger partial charge in [-0.2, -0.15) is 0 Å². The number of nitrogens with zero attached hydrogens (tertiary/aromatic N) is 9.